The zero-order valence-electron chi connectivity index (χ0n) is 9.18. The highest BCUT2D eigenvalue weighted by atomic mass is 79.9. The van der Waals surface area contributed by atoms with Crippen molar-refractivity contribution in [3.05, 3.63) is 45.1 Å². The number of anilines is 2. The number of nitrogens with two attached hydrogens (primary N) is 1. The van der Waals surface area contributed by atoms with E-state index in [1.54, 1.807) is 24.1 Å². The largest absolute Gasteiger partial charge is 0.399 e. The van der Waals surface area contributed by atoms with Gasteiger partial charge in [0.25, 0.3) is 5.91 Å². The predicted molar refractivity (Wildman–Crippen MR) is 75.6 cm³/mol. The summed E-state index contributed by atoms with van der Waals surface area (Å²) in [4.78, 5) is 13.7. The predicted octanol–water partition coefficient (Wildman–Crippen LogP) is 3.37. The molecule has 0 aliphatic heterocycles. The van der Waals surface area contributed by atoms with Crippen molar-refractivity contribution in [3.8, 4) is 0 Å². The third-order valence-corrected chi connectivity index (χ3v) is 3.90. The van der Waals surface area contributed by atoms with Crippen LogP contribution in [0.5, 0.6) is 0 Å². The van der Waals surface area contributed by atoms with Crippen molar-refractivity contribution in [1.82, 2.24) is 0 Å². The van der Waals surface area contributed by atoms with E-state index in [4.69, 9.17) is 5.73 Å². The third-order valence-electron chi connectivity index (χ3n) is 2.40. The molecule has 88 valence electrons. The van der Waals surface area contributed by atoms with Gasteiger partial charge in [-0.3, -0.25) is 4.79 Å². The highest BCUT2D eigenvalue weighted by Crippen LogP contribution is 2.23. The average Bonchev–Trinajstić information content (AvgIpc) is 2.75. The third kappa shape index (κ3) is 2.68. The van der Waals surface area contributed by atoms with Gasteiger partial charge in [-0.05, 0) is 46.3 Å². The Labute approximate surface area is 112 Å². The van der Waals surface area contributed by atoms with E-state index in [1.807, 2.05) is 23.6 Å². The van der Waals surface area contributed by atoms with Gasteiger partial charge in [0, 0.05) is 23.8 Å². The van der Waals surface area contributed by atoms with Gasteiger partial charge in [0.05, 0.1) is 9.35 Å². The monoisotopic (exact) mass is 310 g/mol. The van der Waals surface area contributed by atoms with Crippen molar-refractivity contribution in [2.24, 2.45) is 0 Å². The summed E-state index contributed by atoms with van der Waals surface area (Å²) in [7, 11) is 1.75. The van der Waals surface area contributed by atoms with Crippen LogP contribution in [0.3, 0.4) is 0 Å². The van der Waals surface area contributed by atoms with E-state index in [1.165, 1.54) is 11.3 Å². The van der Waals surface area contributed by atoms with E-state index < -0.39 is 0 Å². The Kier molecular flexibility index (Phi) is 3.49. The van der Waals surface area contributed by atoms with Gasteiger partial charge in [-0.25, -0.2) is 0 Å². The van der Waals surface area contributed by atoms with Crippen LogP contribution in [-0.4, -0.2) is 13.0 Å². The van der Waals surface area contributed by atoms with Crippen LogP contribution < -0.4 is 10.6 Å². The molecule has 1 aromatic carbocycles. The number of amides is 1. The molecule has 0 radical (unpaired) electrons. The van der Waals surface area contributed by atoms with Gasteiger partial charge in [-0.2, -0.15) is 0 Å². The van der Waals surface area contributed by atoms with Crippen molar-refractivity contribution in [2.45, 2.75) is 0 Å². The van der Waals surface area contributed by atoms with E-state index in [9.17, 15) is 4.79 Å². The number of hydrogen-bond donors (Lipinski definition) is 1. The van der Waals surface area contributed by atoms with Gasteiger partial charge in [-0.1, -0.05) is 0 Å². The number of hydrogen-bond acceptors (Lipinski definition) is 3. The molecule has 2 N–H and O–H groups in total. The number of halogens is 1. The number of thiophene rings is 1. The summed E-state index contributed by atoms with van der Waals surface area (Å²) in [6.07, 6.45) is 0. The highest BCUT2D eigenvalue weighted by molar-refractivity contribution is 9.11. The van der Waals surface area contributed by atoms with Crippen LogP contribution in [0.2, 0.25) is 0 Å². The molecule has 0 aliphatic rings. The molecule has 0 bridgehead atoms. The molecule has 2 rings (SSSR count). The minimum atomic E-state index is -0.0308. The zero-order chi connectivity index (χ0) is 12.4. The lowest BCUT2D eigenvalue weighted by Crippen LogP contribution is -2.25. The second kappa shape index (κ2) is 4.89. The first-order chi connectivity index (χ1) is 8.08. The van der Waals surface area contributed by atoms with Gasteiger partial charge in [0.15, 0.2) is 0 Å². The molecular formula is C12H11BrN2OS. The van der Waals surface area contributed by atoms with Crippen LogP contribution in [0.25, 0.3) is 0 Å². The maximum Gasteiger partial charge on any atom is 0.258 e. The fourth-order valence-electron chi connectivity index (χ4n) is 1.43. The molecular weight excluding hydrogens is 300 g/mol. The number of benzene rings is 1. The maximum atomic E-state index is 12.1. The molecule has 1 amide bonds. The SMILES string of the molecule is CN(C(=O)c1csc(Br)c1)c1ccc(N)cc1. The van der Waals surface area contributed by atoms with Crippen LogP contribution in [0, 0.1) is 0 Å². The Bertz CT molecular complexity index is 536. The summed E-state index contributed by atoms with van der Waals surface area (Å²) in [5.74, 6) is -0.0308. The van der Waals surface area contributed by atoms with Crippen molar-refractivity contribution in [2.75, 3.05) is 17.7 Å². The first kappa shape index (κ1) is 12.1. The van der Waals surface area contributed by atoms with E-state index in [2.05, 4.69) is 15.9 Å². The Balaban J connectivity index is 2.23. The Morgan fingerprint density at radius 1 is 1.35 bits per heavy atom. The standard InChI is InChI=1S/C12H11BrN2OS/c1-15(10-4-2-9(14)3-5-10)12(16)8-6-11(13)17-7-8/h2-7H,14H2,1H3. The molecule has 0 aliphatic carbocycles. The Morgan fingerprint density at radius 3 is 2.53 bits per heavy atom. The first-order valence-corrected chi connectivity index (χ1v) is 6.63. The zero-order valence-corrected chi connectivity index (χ0v) is 11.6. The number of nitrogen functional groups attached to an aromatic ring is 1. The highest BCUT2D eigenvalue weighted by Gasteiger charge is 2.14. The molecule has 0 saturated heterocycles. The van der Waals surface area contributed by atoms with Crippen LogP contribution in [0.15, 0.2) is 39.5 Å². The molecule has 0 spiro atoms. The quantitative estimate of drug-likeness (QED) is 0.864. The lowest BCUT2D eigenvalue weighted by molar-refractivity contribution is 0.0993. The van der Waals surface area contributed by atoms with Gasteiger partial charge in [-0.15, -0.1) is 11.3 Å². The van der Waals surface area contributed by atoms with Crippen molar-refractivity contribution < 1.29 is 4.79 Å². The van der Waals surface area contributed by atoms with Crippen LogP contribution >= 0.6 is 27.3 Å². The lowest BCUT2D eigenvalue weighted by atomic mass is 10.2. The molecule has 1 aromatic heterocycles. The van der Waals surface area contributed by atoms with Crippen molar-refractivity contribution in [3.63, 3.8) is 0 Å². The Hall–Kier alpha value is -1.33. The summed E-state index contributed by atoms with van der Waals surface area (Å²) in [6, 6.07) is 9.04. The molecule has 0 fully saturated rings. The number of rotatable bonds is 2. The fourth-order valence-corrected chi connectivity index (χ4v) is 2.56. The summed E-state index contributed by atoms with van der Waals surface area (Å²) in [5.41, 5.74) is 7.80. The molecule has 17 heavy (non-hydrogen) atoms. The summed E-state index contributed by atoms with van der Waals surface area (Å²) < 4.78 is 0.951. The summed E-state index contributed by atoms with van der Waals surface area (Å²) in [6.45, 7) is 0. The smallest absolute Gasteiger partial charge is 0.258 e. The first-order valence-electron chi connectivity index (χ1n) is 4.95. The van der Waals surface area contributed by atoms with Gasteiger partial charge in [0.1, 0.15) is 0 Å². The second-order valence-electron chi connectivity index (χ2n) is 3.60. The minimum absolute atomic E-state index is 0.0308. The molecule has 1 heterocycles. The topological polar surface area (TPSA) is 46.3 Å². The van der Waals surface area contributed by atoms with E-state index in [0.717, 1.165) is 9.47 Å². The fraction of sp³-hybridized carbons (Fsp3) is 0.0833. The maximum absolute atomic E-state index is 12.1. The lowest BCUT2D eigenvalue weighted by Gasteiger charge is -2.16. The van der Waals surface area contributed by atoms with Gasteiger partial charge < -0.3 is 10.6 Å². The molecule has 0 atom stereocenters. The van der Waals surface area contributed by atoms with Gasteiger partial charge >= 0.3 is 0 Å². The van der Waals surface area contributed by atoms with Crippen LogP contribution in [0.1, 0.15) is 10.4 Å². The van der Waals surface area contributed by atoms with E-state index in [-0.39, 0.29) is 5.91 Å². The van der Waals surface area contributed by atoms with Crippen LogP contribution in [0.4, 0.5) is 11.4 Å². The normalized spacial score (nSPS) is 10.2. The van der Waals surface area contributed by atoms with Crippen LogP contribution in [-0.2, 0) is 0 Å². The van der Waals surface area contributed by atoms with Crippen molar-refractivity contribution in [1.29, 1.82) is 0 Å². The van der Waals surface area contributed by atoms with Crippen molar-refractivity contribution >= 4 is 44.5 Å². The van der Waals surface area contributed by atoms with E-state index in [0.29, 0.717) is 11.3 Å². The van der Waals surface area contributed by atoms with Gasteiger partial charge in [0.2, 0.25) is 0 Å². The number of nitrogens with zero attached hydrogens (tertiary/aromatic N) is 1. The average molecular weight is 311 g/mol. The molecule has 3 nitrogen and oxygen atoms in total. The Morgan fingerprint density at radius 2 is 2.00 bits per heavy atom. The molecule has 0 saturated carbocycles. The number of carbonyl (C=O) groups is 1. The molecule has 0 unspecified atom stereocenters. The number of carbonyl (C=O) groups excluding carboxylic acids is 1. The van der Waals surface area contributed by atoms with E-state index >= 15 is 0 Å². The summed E-state index contributed by atoms with van der Waals surface area (Å²) in [5, 5.41) is 1.83. The molecule has 2 aromatic rings. The molecule has 5 heteroatoms. The second-order valence-corrected chi connectivity index (χ2v) is 5.89. The summed E-state index contributed by atoms with van der Waals surface area (Å²) >= 11 is 4.84. The minimum Gasteiger partial charge on any atom is -0.399 e.